The third-order valence-corrected chi connectivity index (χ3v) is 5.32. The summed E-state index contributed by atoms with van der Waals surface area (Å²) in [6, 6.07) is 8.47. The maximum absolute atomic E-state index is 11.7. The first kappa shape index (κ1) is 19.2. The summed E-state index contributed by atoms with van der Waals surface area (Å²) in [6.45, 7) is 4.65. The highest BCUT2D eigenvalue weighted by atomic mass is 32.1. The molecule has 1 aromatic heterocycles. The Bertz CT molecular complexity index is 817. The molecule has 0 radical (unpaired) electrons. The molecule has 144 valence electrons. The summed E-state index contributed by atoms with van der Waals surface area (Å²) in [5, 5.41) is 2.44. The normalized spacial score (nSPS) is 14.7. The first-order chi connectivity index (χ1) is 13.0. The Labute approximate surface area is 161 Å². The second kappa shape index (κ2) is 8.85. The molecule has 3 amide bonds. The van der Waals surface area contributed by atoms with E-state index in [1.807, 2.05) is 24.3 Å². The van der Waals surface area contributed by atoms with Crippen LogP contribution in [0.4, 0.5) is 10.5 Å². The van der Waals surface area contributed by atoms with E-state index >= 15 is 0 Å². The highest BCUT2D eigenvalue weighted by molar-refractivity contribution is 7.18. The number of urea groups is 1. The van der Waals surface area contributed by atoms with Gasteiger partial charge in [0.1, 0.15) is 17.2 Å². The molecule has 27 heavy (non-hydrogen) atoms. The average molecular weight is 390 g/mol. The number of primary amides is 2. The van der Waals surface area contributed by atoms with Gasteiger partial charge in [-0.3, -0.25) is 9.69 Å². The van der Waals surface area contributed by atoms with Crippen LogP contribution in [0.25, 0.3) is 10.4 Å². The lowest BCUT2D eigenvalue weighted by molar-refractivity contribution is 0.0323. The molecule has 8 nitrogen and oxygen atoms in total. The van der Waals surface area contributed by atoms with E-state index in [4.69, 9.17) is 20.9 Å². The molecule has 9 heteroatoms. The van der Waals surface area contributed by atoms with Crippen molar-refractivity contribution in [1.82, 2.24) is 4.90 Å². The number of carbonyl (C=O) groups is 2. The van der Waals surface area contributed by atoms with Crippen LogP contribution in [0.2, 0.25) is 0 Å². The monoisotopic (exact) mass is 390 g/mol. The minimum atomic E-state index is -0.753. The Hall–Kier alpha value is -2.62. The number of nitrogens with one attached hydrogen (secondary N) is 1. The molecule has 1 fully saturated rings. The van der Waals surface area contributed by atoms with Crippen LogP contribution in [-0.2, 0) is 4.74 Å². The summed E-state index contributed by atoms with van der Waals surface area (Å²) in [4.78, 5) is 26.1. The number of thiophene rings is 1. The van der Waals surface area contributed by atoms with Crippen molar-refractivity contribution in [1.29, 1.82) is 0 Å². The van der Waals surface area contributed by atoms with Crippen LogP contribution in [0, 0.1) is 0 Å². The molecule has 3 rings (SSSR count). The Kier molecular flexibility index (Phi) is 6.28. The topological polar surface area (TPSA) is 120 Å². The molecule has 1 aliphatic heterocycles. The van der Waals surface area contributed by atoms with E-state index in [2.05, 4.69) is 10.2 Å². The summed E-state index contributed by atoms with van der Waals surface area (Å²) in [5.41, 5.74) is 11.7. The molecule has 1 aliphatic rings. The van der Waals surface area contributed by atoms with Crippen LogP contribution in [0.15, 0.2) is 30.3 Å². The van der Waals surface area contributed by atoms with Crippen LogP contribution in [0.3, 0.4) is 0 Å². The van der Waals surface area contributed by atoms with E-state index in [-0.39, 0.29) is 4.88 Å². The molecule has 0 bridgehead atoms. The third-order valence-electron chi connectivity index (χ3n) is 4.14. The molecule has 0 saturated carbocycles. The quantitative estimate of drug-likeness (QED) is 0.665. The Balaban J connectivity index is 1.76. The largest absolute Gasteiger partial charge is 0.492 e. The molecule has 0 spiro atoms. The minimum absolute atomic E-state index is 0.243. The zero-order valence-corrected chi connectivity index (χ0v) is 15.6. The fraction of sp³-hybridized carbons (Fsp3) is 0.333. The van der Waals surface area contributed by atoms with E-state index < -0.39 is 11.9 Å². The second-order valence-corrected chi connectivity index (χ2v) is 7.06. The first-order valence-electron chi connectivity index (χ1n) is 8.57. The maximum atomic E-state index is 11.7. The number of nitrogens with two attached hydrogens (primary N) is 2. The Morgan fingerprint density at radius 3 is 2.67 bits per heavy atom. The number of hydrogen-bond acceptors (Lipinski definition) is 6. The Morgan fingerprint density at radius 1 is 1.22 bits per heavy atom. The summed E-state index contributed by atoms with van der Waals surface area (Å²) in [5.74, 6) is 0.0781. The molecular weight excluding hydrogens is 368 g/mol. The van der Waals surface area contributed by atoms with Crippen molar-refractivity contribution in [3.63, 3.8) is 0 Å². The Morgan fingerprint density at radius 2 is 1.96 bits per heavy atom. The molecule has 2 heterocycles. The molecule has 2 aromatic rings. The standard InChI is InChI=1S/C18H22N4O4S/c19-17(23)16-13(21-18(20)24)11-15(27-16)12-3-1-2-4-14(12)26-10-7-22-5-8-25-9-6-22/h1-4,11H,5-10H2,(H2,19,23)(H3,20,21,24). The highest BCUT2D eigenvalue weighted by Crippen LogP contribution is 2.39. The number of anilines is 1. The lowest BCUT2D eigenvalue weighted by atomic mass is 10.1. The van der Waals surface area contributed by atoms with Gasteiger partial charge in [-0.15, -0.1) is 11.3 Å². The summed E-state index contributed by atoms with van der Waals surface area (Å²) in [6.07, 6.45) is 0. The molecular formula is C18H22N4O4S. The van der Waals surface area contributed by atoms with E-state index in [9.17, 15) is 9.59 Å². The van der Waals surface area contributed by atoms with E-state index in [0.717, 1.165) is 43.3 Å². The zero-order chi connectivity index (χ0) is 19.2. The van der Waals surface area contributed by atoms with Crippen molar-refractivity contribution in [2.45, 2.75) is 0 Å². The van der Waals surface area contributed by atoms with Crippen molar-refractivity contribution in [2.24, 2.45) is 11.5 Å². The second-order valence-electron chi connectivity index (χ2n) is 6.01. The van der Waals surface area contributed by atoms with Gasteiger partial charge in [-0.05, 0) is 18.2 Å². The van der Waals surface area contributed by atoms with Crippen molar-refractivity contribution in [3.8, 4) is 16.2 Å². The van der Waals surface area contributed by atoms with Gasteiger partial charge in [-0.25, -0.2) is 4.79 Å². The van der Waals surface area contributed by atoms with E-state index in [0.29, 0.717) is 18.0 Å². The molecule has 0 unspecified atom stereocenters. The van der Waals surface area contributed by atoms with Gasteiger partial charge in [-0.2, -0.15) is 0 Å². The van der Waals surface area contributed by atoms with Gasteiger partial charge >= 0.3 is 6.03 Å². The van der Waals surface area contributed by atoms with Gasteiger partial charge in [-0.1, -0.05) is 12.1 Å². The molecule has 0 aliphatic carbocycles. The summed E-state index contributed by atoms with van der Waals surface area (Å²) in [7, 11) is 0. The van der Waals surface area contributed by atoms with E-state index in [1.165, 1.54) is 11.3 Å². The summed E-state index contributed by atoms with van der Waals surface area (Å²) < 4.78 is 11.3. The number of rotatable bonds is 7. The zero-order valence-electron chi connectivity index (χ0n) is 14.8. The summed E-state index contributed by atoms with van der Waals surface area (Å²) >= 11 is 1.19. The third kappa shape index (κ3) is 4.97. The number of carbonyl (C=O) groups excluding carboxylic acids is 2. The molecule has 5 N–H and O–H groups in total. The van der Waals surface area contributed by atoms with Gasteiger partial charge < -0.3 is 26.3 Å². The van der Waals surface area contributed by atoms with Crippen molar-refractivity contribution in [3.05, 3.63) is 35.2 Å². The van der Waals surface area contributed by atoms with Crippen molar-refractivity contribution >= 4 is 29.0 Å². The number of nitrogens with zero attached hydrogens (tertiary/aromatic N) is 1. The van der Waals surface area contributed by atoms with E-state index in [1.54, 1.807) is 6.07 Å². The van der Waals surface area contributed by atoms with Crippen molar-refractivity contribution in [2.75, 3.05) is 44.8 Å². The van der Waals surface area contributed by atoms with Crippen molar-refractivity contribution < 1.29 is 19.1 Å². The molecule has 1 aromatic carbocycles. The van der Waals surface area contributed by atoms with Crippen LogP contribution >= 0.6 is 11.3 Å². The highest BCUT2D eigenvalue weighted by Gasteiger charge is 2.18. The fourth-order valence-electron chi connectivity index (χ4n) is 2.84. The van der Waals surface area contributed by atoms with Gasteiger partial charge in [0, 0.05) is 30.1 Å². The van der Waals surface area contributed by atoms with Crippen LogP contribution in [0.5, 0.6) is 5.75 Å². The predicted octanol–water partition coefficient (Wildman–Crippen LogP) is 1.72. The lowest BCUT2D eigenvalue weighted by Gasteiger charge is -2.26. The average Bonchev–Trinajstić information content (AvgIpc) is 3.06. The lowest BCUT2D eigenvalue weighted by Crippen LogP contribution is -2.38. The number of para-hydroxylation sites is 1. The predicted molar refractivity (Wildman–Crippen MR) is 104 cm³/mol. The molecule has 0 atom stereocenters. The molecule has 1 saturated heterocycles. The number of benzene rings is 1. The van der Waals surface area contributed by atoms with Gasteiger partial charge in [0.25, 0.3) is 5.91 Å². The van der Waals surface area contributed by atoms with Crippen LogP contribution in [-0.4, -0.2) is 56.3 Å². The van der Waals surface area contributed by atoms with Crippen LogP contribution in [0.1, 0.15) is 9.67 Å². The smallest absolute Gasteiger partial charge is 0.316 e. The van der Waals surface area contributed by atoms with Gasteiger partial charge in [0.15, 0.2) is 0 Å². The van der Waals surface area contributed by atoms with Crippen LogP contribution < -0.4 is 21.5 Å². The number of morpholine rings is 1. The number of ether oxygens (including phenoxy) is 2. The SMILES string of the molecule is NC(=O)Nc1cc(-c2ccccc2OCCN2CCOCC2)sc1C(N)=O. The maximum Gasteiger partial charge on any atom is 0.316 e. The van der Waals surface area contributed by atoms with Gasteiger partial charge in [0.05, 0.1) is 18.9 Å². The fourth-order valence-corrected chi connectivity index (χ4v) is 3.83. The minimum Gasteiger partial charge on any atom is -0.492 e. The number of hydrogen-bond donors (Lipinski definition) is 3. The van der Waals surface area contributed by atoms with Gasteiger partial charge in [0.2, 0.25) is 0 Å². The number of amides is 3. The first-order valence-corrected chi connectivity index (χ1v) is 9.38.